The van der Waals surface area contributed by atoms with Crippen LogP contribution < -0.4 is 5.56 Å². The maximum absolute atomic E-state index is 13.1. The second-order valence-corrected chi connectivity index (χ2v) is 9.48. The number of carbonyl (C=O) groups is 1. The van der Waals surface area contributed by atoms with Crippen molar-refractivity contribution in [2.45, 2.75) is 39.2 Å². The van der Waals surface area contributed by atoms with Crippen LogP contribution in [-0.2, 0) is 24.2 Å². The van der Waals surface area contributed by atoms with E-state index in [2.05, 4.69) is 30.1 Å². The first-order chi connectivity index (χ1) is 14.6. The van der Waals surface area contributed by atoms with Crippen molar-refractivity contribution in [2.75, 3.05) is 13.1 Å². The number of aryl methyl sites for hydroxylation is 1. The van der Waals surface area contributed by atoms with E-state index >= 15 is 0 Å². The Balaban J connectivity index is 1.35. The van der Waals surface area contributed by atoms with Gasteiger partial charge in [0.1, 0.15) is 11.4 Å². The Morgan fingerprint density at radius 2 is 2.07 bits per heavy atom. The summed E-state index contributed by atoms with van der Waals surface area (Å²) in [6.07, 6.45) is 7.57. The largest absolute Gasteiger partial charge is 0.337 e. The van der Waals surface area contributed by atoms with Gasteiger partial charge in [-0.1, -0.05) is 43.3 Å². The van der Waals surface area contributed by atoms with Crippen molar-refractivity contribution in [3.63, 3.8) is 0 Å². The lowest BCUT2D eigenvalue weighted by molar-refractivity contribution is -0.131. The maximum atomic E-state index is 13.1. The molecule has 1 amide bonds. The molecule has 0 unspecified atom stereocenters. The number of rotatable bonds is 3. The predicted octanol–water partition coefficient (Wildman–Crippen LogP) is 3.90. The van der Waals surface area contributed by atoms with Crippen LogP contribution in [0.1, 0.15) is 35.8 Å². The Morgan fingerprint density at radius 3 is 2.83 bits per heavy atom. The summed E-state index contributed by atoms with van der Waals surface area (Å²) >= 11 is 1.64. The van der Waals surface area contributed by atoms with E-state index in [4.69, 9.17) is 0 Å². The zero-order valence-corrected chi connectivity index (χ0v) is 18.0. The normalized spacial score (nSPS) is 18.9. The molecule has 1 aliphatic carbocycles. The monoisotopic (exact) mass is 419 g/mol. The number of thiophene rings is 1. The van der Waals surface area contributed by atoms with Gasteiger partial charge in [-0.05, 0) is 48.3 Å². The molecule has 30 heavy (non-hydrogen) atoms. The second-order valence-electron chi connectivity index (χ2n) is 8.39. The van der Waals surface area contributed by atoms with Crippen LogP contribution >= 0.6 is 11.3 Å². The molecule has 5 rings (SSSR count). The number of carbonyl (C=O) groups excluding carboxylic acids is 1. The van der Waals surface area contributed by atoms with Crippen molar-refractivity contribution in [3.8, 4) is 0 Å². The van der Waals surface area contributed by atoms with Gasteiger partial charge >= 0.3 is 0 Å². The smallest absolute Gasteiger partial charge is 0.262 e. The van der Waals surface area contributed by atoms with Crippen molar-refractivity contribution in [1.82, 2.24) is 14.5 Å². The van der Waals surface area contributed by atoms with Crippen LogP contribution in [0.2, 0.25) is 0 Å². The van der Waals surface area contributed by atoms with E-state index in [0.29, 0.717) is 19.0 Å². The summed E-state index contributed by atoms with van der Waals surface area (Å²) in [6, 6.07) is 10.3. The van der Waals surface area contributed by atoms with Gasteiger partial charge in [-0.2, -0.15) is 0 Å². The third-order valence-electron chi connectivity index (χ3n) is 6.29. The van der Waals surface area contributed by atoms with Crippen molar-refractivity contribution in [3.05, 3.63) is 69.1 Å². The highest BCUT2D eigenvalue weighted by Crippen LogP contribution is 2.35. The van der Waals surface area contributed by atoms with E-state index < -0.39 is 0 Å². The van der Waals surface area contributed by atoms with Gasteiger partial charge in [0.2, 0.25) is 5.91 Å². The summed E-state index contributed by atoms with van der Waals surface area (Å²) in [5, 5.41) is 0.738. The summed E-state index contributed by atoms with van der Waals surface area (Å²) < 4.78 is 1.49. The quantitative estimate of drug-likeness (QED) is 0.647. The topological polar surface area (TPSA) is 55.2 Å². The van der Waals surface area contributed by atoms with E-state index in [1.165, 1.54) is 26.1 Å². The first kappa shape index (κ1) is 19.2. The number of aromatic nitrogens is 2. The summed E-state index contributed by atoms with van der Waals surface area (Å²) in [6.45, 7) is 3.57. The lowest BCUT2D eigenvalue weighted by atomic mass is 9.89. The van der Waals surface area contributed by atoms with Gasteiger partial charge in [-0.25, -0.2) is 4.98 Å². The van der Waals surface area contributed by atoms with Crippen LogP contribution in [0, 0.1) is 5.92 Å². The highest BCUT2D eigenvalue weighted by atomic mass is 32.1. The molecule has 0 N–H and O–H groups in total. The van der Waals surface area contributed by atoms with Gasteiger partial charge < -0.3 is 4.90 Å². The third kappa shape index (κ3) is 3.49. The van der Waals surface area contributed by atoms with E-state index in [-0.39, 0.29) is 18.0 Å². The van der Waals surface area contributed by atoms with Crippen LogP contribution in [0.3, 0.4) is 0 Å². The molecule has 5 nitrogen and oxygen atoms in total. The Bertz CT molecular complexity index is 1190. The zero-order valence-electron chi connectivity index (χ0n) is 17.1. The minimum atomic E-state index is -0.0714. The number of nitrogens with zero attached hydrogens (tertiary/aromatic N) is 3. The average molecular weight is 420 g/mol. The minimum absolute atomic E-state index is 0.0284. The van der Waals surface area contributed by atoms with Crippen LogP contribution in [0.5, 0.6) is 0 Å². The molecule has 1 aliphatic heterocycles. The highest BCUT2D eigenvalue weighted by molar-refractivity contribution is 7.18. The van der Waals surface area contributed by atoms with E-state index in [1.54, 1.807) is 17.7 Å². The molecule has 0 radical (unpaired) electrons. The van der Waals surface area contributed by atoms with Crippen molar-refractivity contribution >= 4 is 33.0 Å². The minimum Gasteiger partial charge on any atom is -0.337 e. The number of benzene rings is 1. The lowest BCUT2D eigenvalue weighted by Crippen LogP contribution is -2.39. The molecule has 0 saturated heterocycles. The molecule has 1 atom stereocenters. The molecule has 1 aromatic carbocycles. The van der Waals surface area contributed by atoms with Crippen LogP contribution in [0.25, 0.3) is 15.8 Å². The lowest BCUT2D eigenvalue weighted by Gasteiger charge is -2.27. The maximum Gasteiger partial charge on any atom is 0.262 e. The number of fused-ring (bicyclic) bond motifs is 3. The summed E-state index contributed by atoms with van der Waals surface area (Å²) in [7, 11) is 0. The molecule has 0 saturated carbocycles. The number of amides is 1. The summed E-state index contributed by atoms with van der Waals surface area (Å²) in [4.78, 5) is 34.5. The molecule has 2 aliphatic rings. The molecule has 0 spiro atoms. The third-order valence-corrected chi connectivity index (χ3v) is 7.46. The fourth-order valence-electron chi connectivity index (χ4n) is 4.53. The van der Waals surface area contributed by atoms with Crippen molar-refractivity contribution in [1.29, 1.82) is 0 Å². The van der Waals surface area contributed by atoms with Gasteiger partial charge in [0.15, 0.2) is 0 Å². The van der Waals surface area contributed by atoms with Gasteiger partial charge in [0.25, 0.3) is 5.56 Å². The van der Waals surface area contributed by atoms with Crippen LogP contribution in [0.4, 0.5) is 0 Å². The van der Waals surface area contributed by atoms with Gasteiger partial charge in [-0.3, -0.25) is 14.2 Å². The van der Waals surface area contributed by atoms with E-state index in [1.807, 2.05) is 23.1 Å². The number of hydrogen-bond donors (Lipinski definition) is 0. The Morgan fingerprint density at radius 1 is 1.23 bits per heavy atom. The van der Waals surface area contributed by atoms with Crippen LogP contribution in [0.15, 0.2) is 47.5 Å². The summed E-state index contributed by atoms with van der Waals surface area (Å²) in [5.41, 5.74) is 3.59. The first-order valence-corrected chi connectivity index (χ1v) is 11.4. The SMILES string of the molecule is C[C@H]1CCc2c(sc3ncn(CC(=O)N4CC=C(c5ccccc5)CC4)c(=O)c23)C1. The second kappa shape index (κ2) is 7.84. The highest BCUT2D eigenvalue weighted by Gasteiger charge is 2.24. The molecular weight excluding hydrogens is 394 g/mol. The molecular formula is C24H25N3O2S. The molecule has 6 heteroatoms. The molecule has 0 fully saturated rings. The van der Waals surface area contributed by atoms with E-state index in [9.17, 15) is 9.59 Å². The molecule has 0 bridgehead atoms. The first-order valence-electron chi connectivity index (χ1n) is 10.6. The van der Waals surface area contributed by atoms with E-state index in [0.717, 1.165) is 35.9 Å². The van der Waals surface area contributed by atoms with Crippen molar-refractivity contribution < 1.29 is 4.79 Å². The van der Waals surface area contributed by atoms with Gasteiger partial charge in [-0.15, -0.1) is 11.3 Å². The Kier molecular flexibility index (Phi) is 5.03. The predicted molar refractivity (Wildman–Crippen MR) is 121 cm³/mol. The Labute approximate surface area is 179 Å². The van der Waals surface area contributed by atoms with Gasteiger partial charge in [0, 0.05) is 18.0 Å². The summed E-state index contributed by atoms with van der Waals surface area (Å²) in [5.74, 6) is 0.627. The number of hydrogen-bond acceptors (Lipinski definition) is 4. The molecule has 2 aromatic heterocycles. The fourth-order valence-corrected chi connectivity index (χ4v) is 5.88. The Hall–Kier alpha value is -2.73. The fraction of sp³-hybridized carbons (Fsp3) is 0.375. The molecule has 3 aromatic rings. The van der Waals surface area contributed by atoms with Gasteiger partial charge in [0.05, 0.1) is 11.7 Å². The standard InChI is InChI=1S/C24H25N3O2S/c1-16-7-8-19-20(13-16)30-23-22(19)24(29)27(15-25-23)14-21(28)26-11-9-18(10-12-26)17-5-3-2-4-6-17/h2-6,9,15-16H,7-8,10-14H2,1H3/t16-/m0/s1. The van der Waals surface area contributed by atoms with Crippen molar-refractivity contribution in [2.24, 2.45) is 5.92 Å². The molecule has 3 heterocycles. The molecule has 154 valence electrons. The average Bonchev–Trinajstić information content (AvgIpc) is 3.14. The van der Waals surface area contributed by atoms with Crippen LogP contribution in [-0.4, -0.2) is 33.4 Å². The zero-order chi connectivity index (χ0) is 20.7.